The topological polar surface area (TPSA) is 0 Å². The lowest BCUT2D eigenvalue weighted by molar-refractivity contribution is 2.72. The third-order valence-corrected chi connectivity index (χ3v) is 0. The van der Waals surface area contributed by atoms with Crippen LogP contribution in [0.25, 0.3) is 0 Å². The molecule has 0 fully saturated rings. The van der Waals surface area contributed by atoms with Crippen LogP contribution in [0.1, 0.15) is 0 Å². The van der Waals surface area contributed by atoms with Crippen molar-refractivity contribution in [3.63, 3.8) is 0 Å². The summed E-state index contributed by atoms with van der Waals surface area (Å²) >= 11 is 2.91. The molecule has 5 heavy (non-hydrogen) atoms. The predicted octanol–water partition coefficient (Wildman–Crippen LogP) is 2.68. The lowest BCUT2D eigenvalue weighted by Crippen LogP contribution is -0.895. The molecule has 0 aromatic rings. The Morgan fingerprint density at radius 1 is 1.40 bits per heavy atom. The minimum atomic E-state index is 0. The summed E-state index contributed by atoms with van der Waals surface area (Å²) in [5.41, 5.74) is 0. The number of halogens is 3. The Hall–Kier alpha value is 1.18. The molecule has 0 atom stereocenters. The van der Waals surface area contributed by atoms with Crippen molar-refractivity contribution in [2.45, 2.75) is 0 Å². The second-order valence-electron chi connectivity index (χ2n) is 0.154. The fourth-order valence-electron chi connectivity index (χ4n) is 0. The molecule has 0 aliphatic carbocycles. The average molecular weight is 269 g/mol. The van der Waals surface area contributed by atoms with Gasteiger partial charge < -0.3 is 0 Å². The van der Waals surface area contributed by atoms with Crippen LogP contribution in [0, 0.1) is 0 Å². The van der Waals surface area contributed by atoms with Crippen LogP contribution in [0.15, 0.2) is 11.6 Å². The van der Waals surface area contributed by atoms with E-state index < -0.39 is 0 Å². The van der Waals surface area contributed by atoms with Crippen molar-refractivity contribution in [3.05, 3.63) is 11.6 Å². The summed E-state index contributed by atoms with van der Waals surface area (Å²) in [6, 6.07) is 0. The van der Waals surface area contributed by atoms with Crippen molar-refractivity contribution in [1.82, 2.24) is 0 Å². The SMILES string of the molecule is Br.Br.C=CBr. The molecule has 0 amide bonds. The molecule has 3 heteroatoms. The van der Waals surface area contributed by atoms with Gasteiger partial charge in [-0.2, -0.15) is 0 Å². The maximum Gasteiger partial charge on any atom is -0.0261 e. The zero-order chi connectivity index (χ0) is 2.71. The summed E-state index contributed by atoms with van der Waals surface area (Å²) in [5.74, 6) is 0. The molecule has 0 aromatic heterocycles. The van der Waals surface area contributed by atoms with E-state index in [2.05, 4.69) is 22.5 Å². The largest absolute Gasteiger partial charge is 0.114 e. The Balaban J connectivity index is -0.0000000200. The highest BCUT2D eigenvalue weighted by molar-refractivity contribution is 9.11. The minimum absolute atomic E-state index is 0. The zero-order valence-corrected chi connectivity index (χ0v) is 7.49. The highest BCUT2D eigenvalue weighted by Gasteiger charge is 1.18. The van der Waals surface area contributed by atoms with E-state index in [0.29, 0.717) is 0 Å². The zero-order valence-electron chi connectivity index (χ0n) is 2.48. The van der Waals surface area contributed by atoms with Crippen molar-refractivity contribution in [1.29, 1.82) is 0 Å². The fraction of sp³-hybridized carbons (Fsp3) is 0. The lowest BCUT2D eigenvalue weighted by atomic mass is 11.3. The maximum absolute atomic E-state index is 3.28. The molecule has 34 valence electrons. The molecule has 0 aliphatic rings. The van der Waals surface area contributed by atoms with Crippen LogP contribution >= 0.6 is 49.9 Å². The van der Waals surface area contributed by atoms with Gasteiger partial charge in [0, 0.05) is 0 Å². The van der Waals surface area contributed by atoms with Crippen LogP contribution in [0.3, 0.4) is 0 Å². The predicted molar refractivity (Wildman–Crippen MR) is 39.8 cm³/mol. The molecule has 0 nitrogen and oxygen atoms in total. The molecule has 0 radical (unpaired) electrons. The maximum atomic E-state index is 3.28. The van der Waals surface area contributed by atoms with E-state index in [4.69, 9.17) is 0 Å². The van der Waals surface area contributed by atoms with Crippen molar-refractivity contribution >= 4 is 49.9 Å². The summed E-state index contributed by atoms with van der Waals surface area (Å²) in [4.78, 5) is 1.56. The monoisotopic (exact) mass is 266 g/mol. The number of rotatable bonds is 0. The second-order valence-corrected chi connectivity index (χ2v) is 0.802. The molecule has 0 N–H and O–H groups in total. The summed E-state index contributed by atoms with van der Waals surface area (Å²) in [6.07, 6.45) is 0. The van der Waals surface area contributed by atoms with E-state index in [1.54, 1.807) is 4.99 Å². The molecule has 0 saturated heterocycles. The third kappa shape index (κ3) is 37.6. The molecule has 0 saturated carbocycles. The van der Waals surface area contributed by atoms with Gasteiger partial charge in [-0.15, -0.1) is 34.0 Å². The first-order valence-corrected chi connectivity index (χ1v) is 1.54. The van der Waals surface area contributed by atoms with Gasteiger partial charge in [-0.3, -0.25) is 0 Å². The average Bonchev–Trinajstić information content (AvgIpc) is 0.918. The van der Waals surface area contributed by atoms with Gasteiger partial charge in [0.1, 0.15) is 0 Å². The highest BCUT2D eigenvalue weighted by Crippen LogP contribution is 1.68. The summed E-state index contributed by atoms with van der Waals surface area (Å²) in [7, 11) is 0. The van der Waals surface area contributed by atoms with E-state index in [1.807, 2.05) is 0 Å². The van der Waals surface area contributed by atoms with E-state index in [9.17, 15) is 0 Å². The molecule has 0 heterocycles. The van der Waals surface area contributed by atoms with Gasteiger partial charge in [0.2, 0.25) is 0 Å². The van der Waals surface area contributed by atoms with E-state index in [-0.39, 0.29) is 34.0 Å². The van der Waals surface area contributed by atoms with Crippen LogP contribution in [0.5, 0.6) is 0 Å². The van der Waals surface area contributed by atoms with E-state index >= 15 is 0 Å². The number of hydrogen-bond donors (Lipinski definition) is 0. The van der Waals surface area contributed by atoms with E-state index in [1.165, 1.54) is 0 Å². The van der Waals surface area contributed by atoms with Crippen molar-refractivity contribution in [3.8, 4) is 0 Å². The Morgan fingerprint density at radius 2 is 1.40 bits per heavy atom. The molecule has 0 aliphatic heterocycles. The molecule has 0 unspecified atom stereocenters. The van der Waals surface area contributed by atoms with Gasteiger partial charge >= 0.3 is 0 Å². The first-order valence-electron chi connectivity index (χ1n) is 0.626. The van der Waals surface area contributed by atoms with E-state index in [0.717, 1.165) is 0 Å². The first kappa shape index (κ1) is 16.4. The standard InChI is InChI=1S/C2H3Br.2BrH/c1-2-3;;/h2H,1H2;2*1H. The van der Waals surface area contributed by atoms with Crippen LogP contribution < -0.4 is 0 Å². The molecule has 0 spiro atoms. The van der Waals surface area contributed by atoms with Gasteiger partial charge in [0.05, 0.1) is 0 Å². The quantitative estimate of drug-likeness (QED) is 0.634. The molecule has 0 aromatic carbocycles. The Morgan fingerprint density at radius 3 is 1.40 bits per heavy atom. The number of hydrogen-bond acceptors (Lipinski definition) is 0. The summed E-state index contributed by atoms with van der Waals surface area (Å²) in [6.45, 7) is 3.28. The van der Waals surface area contributed by atoms with Crippen LogP contribution in [0.2, 0.25) is 0 Å². The van der Waals surface area contributed by atoms with Crippen LogP contribution in [0.4, 0.5) is 0 Å². The Labute approximate surface area is 61.3 Å². The first-order chi connectivity index (χ1) is 1.41. The van der Waals surface area contributed by atoms with Crippen LogP contribution in [-0.2, 0) is 0 Å². The van der Waals surface area contributed by atoms with Crippen molar-refractivity contribution < 1.29 is 0 Å². The van der Waals surface area contributed by atoms with Crippen LogP contribution in [-0.4, -0.2) is 0 Å². The van der Waals surface area contributed by atoms with Gasteiger partial charge in [-0.05, 0) is 4.99 Å². The molecular formula is C2H5Br3. The molecular weight excluding hydrogens is 264 g/mol. The fourth-order valence-corrected chi connectivity index (χ4v) is 0. The summed E-state index contributed by atoms with van der Waals surface area (Å²) < 4.78 is 0. The van der Waals surface area contributed by atoms with Crippen molar-refractivity contribution in [2.24, 2.45) is 0 Å². The lowest BCUT2D eigenvalue weighted by Gasteiger charge is -1.27. The normalized spacial score (nSPS) is 2.60. The smallest absolute Gasteiger partial charge is 0.0261 e. The van der Waals surface area contributed by atoms with Crippen molar-refractivity contribution in [2.75, 3.05) is 0 Å². The van der Waals surface area contributed by atoms with Gasteiger partial charge in [-0.25, -0.2) is 0 Å². The van der Waals surface area contributed by atoms with Gasteiger partial charge in [-0.1, -0.05) is 22.5 Å². The van der Waals surface area contributed by atoms with Gasteiger partial charge in [0.25, 0.3) is 0 Å². The Bertz CT molecular complexity index is 12.4. The second kappa shape index (κ2) is 19.0. The highest BCUT2D eigenvalue weighted by atomic mass is 79.9. The molecule has 0 rings (SSSR count). The Kier molecular flexibility index (Phi) is 62.5. The van der Waals surface area contributed by atoms with Gasteiger partial charge in [0.15, 0.2) is 0 Å². The summed E-state index contributed by atoms with van der Waals surface area (Å²) in [5, 5.41) is 0. The third-order valence-electron chi connectivity index (χ3n) is 0. The minimum Gasteiger partial charge on any atom is -0.114 e. The molecule has 0 bridgehead atoms.